The van der Waals surface area contributed by atoms with E-state index in [0.29, 0.717) is 31.8 Å². The maximum atomic E-state index is 12.6. The largest absolute Gasteiger partial charge is 0.459 e. The van der Waals surface area contributed by atoms with Gasteiger partial charge in [0.05, 0.1) is 37.1 Å². The van der Waals surface area contributed by atoms with Crippen LogP contribution < -0.4 is 0 Å². The van der Waals surface area contributed by atoms with Crippen molar-refractivity contribution < 1.29 is 28.8 Å². The molecule has 1 N–H and O–H groups in total. The predicted molar refractivity (Wildman–Crippen MR) is 135 cm³/mol. The Labute approximate surface area is 210 Å². The highest BCUT2D eigenvalue weighted by Gasteiger charge is 2.45. The minimum Gasteiger partial charge on any atom is -0.459 e. The van der Waals surface area contributed by atoms with Gasteiger partial charge < -0.3 is 24.1 Å². The molecule has 0 amide bonds. The predicted octanol–water partition coefficient (Wildman–Crippen LogP) is 4.97. The summed E-state index contributed by atoms with van der Waals surface area (Å²) < 4.78 is 23.6. The average molecular weight is 487 g/mol. The molecule has 0 radical (unpaired) electrons. The fourth-order valence-corrected chi connectivity index (χ4v) is 5.34. The maximum Gasteiger partial charge on any atom is 0.330 e. The van der Waals surface area contributed by atoms with E-state index < -0.39 is 6.10 Å². The number of rotatable bonds is 3. The van der Waals surface area contributed by atoms with Gasteiger partial charge in [0.25, 0.3) is 0 Å². The van der Waals surface area contributed by atoms with Crippen LogP contribution in [0, 0.1) is 5.92 Å². The Hall–Kier alpha value is -1.73. The molecule has 1 fully saturated rings. The van der Waals surface area contributed by atoms with Crippen LogP contribution in [0.1, 0.15) is 71.6 Å². The van der Waals surface area contributed by atoms with Crippen LogP contribution >= 0.6 is 0 Å². The lowest BCUT2D eigenvalue weighted by atomic mass is 9.93. The van der Waals surface area contributed by atoms with E-state index in [0.717, 1.165) is 38.5 Å². The molecule has 0 aromatic heterocycles. The highest BCUT2D eigenvalue weighted by atomic mass is 16.6. The van der Waals surface area contributed by atoms with Gasteiger partial charge in [0, 0.05) is 18.9 Å². The number of aliphatic hydroxyl groups is 1. The average Bonchev–Trinajstić information content (AvgIpc) is 3.58. The van der Waals surface area contributed by atoms with Gasteiger partial charge in [0.2, 0.25) is 0 Å². The Morgan fingerprint density at radius 1 is 1.14 bits per heavy atom. The van der Waals surface area contributed by atoms with Crippen LogP contribution in [-0.4, -0.2) is 60.4 Å². The van der Waals surface area contributed by atoms with E-state index in [9.17, 15) is 9.90 Å². The number of esters is 1. The smallest absolute Gasteiger partial charge is 0.330 e. The molecule has 4 aliphatic heterocycles. The van der Waals surface area contributed by atoms with Crippen molar-refractivity contribution in [2.24, 2.45) is 5.92 Å². The minimum atomic E-state index is -0.471. The van der Waals surface area contributed by atoms with Crippen LogP contribution in [0.2, 0.25) is 0 Å². The first-order valence-electron chi connectivity index (χ1n) is 13.4. The molecule has 35 heavy (non-hydrogen) atoms. The van der Waals surface area contributed by atoms with Crippen molar-refractivity contribution >= 4 is 5.97 Å². The molecule has 0 saturated carbocycles. The van der Waals surface area contributed by atoms with Crippen molar-refractivity contribution in [2.45, 2.75) is 114 Å². The molecule has 6 nitrogen and oxygen atoms in total. The van der Waals surface area contributed by atoms with E-state index in [1.807, 2.05) is 12.2 Å². The molecular weight excluding hydrogens is 444 g/mol. The van der Waals surface area contributed by atoms with E-state index in [4.69, 9.17) is 18.9 Å². The van der Waals surface area contributed by atoms with Crippen LogP contribution in [0.5, 0.6) is 0 Å². The quantitative estimate of drug-likeness (QED) is 0.345. The van der Waals surface area contributed by atoms with Crippen molar-refractivity contribution in [3.8, 4) is 0 Å². The second-order valence-corrected chi connectivity index (χ2v) is 10.7. The first kappa shape index (κ1) is 26.3. The first-order valence-corrected chi connectivity index (χ1v) is 13.4. The van der Waals surface area contributed by atoms with Gasteiger partial charge in [-0.15, -0.1) is 0 Å². The first-order chi connectivity index (χ1) is 17.0. The van der Waals surface area contributed by atoms with Crippen molar-refractivity contribution in [3.05, 3.63) is 48.1 Å². The molecule has 4 rings (SSSR count). The summed E-state index contributed by atoms with van der Waals surface area (Å²) >= 11 is 0. The Bertz CT molecular complexity index is 814. The van der Waals surface area contributed by atoms with Gasteiger partial charge in [-0.3, -0.25) is 0 Å². The maximum absolute atomic E-state index is 12.6. The summed E-state index contributed by atoms with van der Waals surface area (Å²) in [6, 6.07) is 0. The van der Waals surface area contributed by atoms with Gasteiger partial charge in [0.1, 0.15) is 12.2 Å². The Balaban J connectivity index is 1.37. The number of aliphatic hydroxyl groups excluding tert-OH is 1. The number of epoxide rings is 1. The number of cyclic esters (lactones) is 1. The lowest BCUT2D eigenvalue weighted by Gasteiger charge is -2.27. The van der Waals surface area contributed by atoms with E-state index >= 15 is 0 Å². The second-order valence-electron chi connectivity index (χ2n) is 10.7. The highest BCUT2D eigenvalue weighted by molar-refractivity contribution is 5.82. The molecule has 2 bridgehead atoms. The zero-order valence-corrected chi connectivity index (χ0v) is 21.2. The number of fused-ring (bicyclic) bond motifs is 3. The fraction of sp³-hybridized carbons (Fsp3) is 0.690. The molecule has 6 heteroatoms. The van der Waals surface area contributed by atoms with Crippen molar-refractivity contribution in [1.82, 2.24) is 0 Å². The summed E-state index contributed by atoms with van der Waals surface area (Å²) in [5.74, 6) is 0.197. The lowest BCUT2D eigenvalue weighted by molar-refractivity contribution is -0.143. The Morgan fingerprint density at radius 3 is 2.89 bits per heavy atom. The van der Waals surface area contributed by atoms with Gasteiger partial charge in [-0.05, 0) is 44.9 Å². The number of hydrogen-bond acceptors (Lipinski definition) is 6. The molecule has 1 saturated heterocycles. The number of ether oxygens (including phenoxy) is 4. The van der Waals surface area contributed by atoms with Crippen LogP contribution in [0.4, 0.5) is 0 Å². The number of carbonyl (C=O) groups is 1. The molecular formula is C29H42O6. The van der Waals surface area contributed by atoms with Crippen LogP contribution in [0.3, 0.4) is 0 Å². The zero-order chi connectivity index (χ0) is 24.6. The summed E-state index contributed by atoms with van der Waals surface area (Å²) in [5, 5.41) is 10.6. The van der Waals surface area contributed by atoms with E-state index in [1.54, 1.807) is 0 Å². The third-order valence-electron chi connectivity index (χ3n) is 7.40. The molecule has 0 aromatic carbocycles. The summed E-state index contributed by atoms with van der Waals surface area (Å²) in [4.78, 5) is 12.6. The molecule has 8 atom stereocenters. The molecule has 0 aromatic rings. The standard InChI is InChI=1S/C29H42O6/c1-20-7-3-13-26(30)29-27(35-29)19-25(12-5-10-23-17-21(2)15-16-32-23)34-28(31)14-6-9-22-8-4-11-24(18-20)33-22/h4-6,8,10,14-15,20,22-27,29-30H,3,7,9,11-13,16-19H2,1-2H3/b10-5+,14-6+/t20-,22-,23+,24-,25+,26-,27-,29-/m0/s1. The topological polar surface area (TPSA) is 77.5 Å². The summed E-state index contributed by atoms with van der Waals surface area (Å²) in [6.07, 6.45) is 20.6. The van der Waals surface area contributed by atoms with E-state index in [2.05, 4.69) is 38.2 Å². The third-order valence-corrected chi connectivity index (χ3v) is 7.40. The van der Waals surface area contributed by atoms with Crippen LogP contribution in [0.25, 0.3) is 0 Å². The van der Waals surface area contributed by atoms with Crippen molar-refractivity contribution in [3.63, 3.8) is 0 Å². The number of hydrogen-bond donors (Lipinski definition) is 1. The molecule has 4 heterocycles. The van der Waals surface area contributed by atoms with Gasteiger partial charge in [-0.2, -0.15) is 0 Å². The lowest BCUT2D eigenvalue weighted by Crippen LogP contribution is -2.26. The highest BCUT2D eigenvalue weighted by Crippen LogP contribution is 2.34. The van der Waals surface area contributed by atoms with Gasteiger partial charge in [0.15, 0.2) is 0 Å². The van der Waals surface area contributed by atoms with Gasteiger partial charge in [-0.1, -0.05) is 61.8 Å². The molecule has 0 aliphatic carbocycles. The Kier molecular flexibility index (Phi) is 9.78. The van der Waals surface area contributed by atoms with Crippen molar-refractivity contribution in [2.75, 3.05) is 6.61 Å². The van der Waals surface area contributed by atoms with E-state index in [-0.39, 0.29) is 42.6 Å². The SMILES string of the molecule is CC1=CCO[C@H](/C=C/C[C@@H]2C[C@@H]3O[C@H]3[C@@H](O)CCC[C@H](C)C[C@@H]3CC=C[C@@H](C/C=C/C(=O)O2)O3)C1. The molecule has 0 unspecified atom stereocenters. The second kappa shape index (κ2) is 13.0. The normalized spacial score (nSPS) is 40.2. The van der Waals surface area contributed by atoms with Crippen LogP contribution in [0.15, 0.2) is 48.1 Å². The van der Waals surface area contributed by atoms with Gasteiger partial charge in [-0.25, -0.2) is 4.79 Å². The Morgan fingerprint density at radius 2 is 2.03 bits per heavy atom. The third kappa shape index (κ3) is 8.71. The molecule has 194 valence electrons. The summed E-state index contributed by atoms with van der Waals surface area (Å²) in [6.45, 7) is 5.02. The fourth-order valence-electron chi connectivity index (χ4n) is 5.34. The molecule has 0 spiro atoms. The minimum absolute atomic E-state index is 0.00180. The van der Waals surface area contributed by atoms with E-state index in [1.165, 1.54) is 11.6 Å². The van der Waals surface area contributed by atoms with Crippen molar-refractivity contribution in [1.29, 1.82) is 0 Å². The van der Waals surface area contributed by atoms with Gasteiger partial charge >= 0.3 is 5.97 Å². The zero-order valence-electron chi connectivity index (χ0n) is 21.2. The summed E-state index contributed by atoms with van der Waals surface area (Å²) in [7, 11) is 0. The van der Waals surface area contributed by atoms with Crippen LogP contribution in [-0.2, 0) is 23.7 Å². The molecule has 4 aliphatic rings. The summed E-state index contributed by atoms with van der Waals surface area (Å²) in [5.41, 5.74) is 1.33. The number of carbonyl (C=O) groups excluding carboxylic acids is 1. The monoisotopic (exact) mass is 486 g/mol.